The molecule has 3 N–H and O–H groups in total. The van der Waals surface area contributed by atoms with Gasteiger partial charge in [-0.3, -0.25) is 14.6 Å². The first-order chi connectivity index (χ1) is 12.8. The van der Waals surface area contributed by atoms with Crippen LogP contribution >= 0.6 is 0 Å². The topological polar surface area (TPSA) is 122 Å². The van der Waals surface area contributed by atoms with Gasteiger partial charge in [0.05, 0.1) is 23.7 Å². The number of pyridine rings is 1. The summed E-state index contributed by atoms with van der Waals surface area (Å²) in [5.74, 6) is -0.496. The highest BCUT2D eigenvalue weighted by molar-refractivity contribution is 7.89. The molecule has 0 saturated heterocycles. The van der Waals surface area contributed by atoms with Gasteiger partial charge in [-0.2, -0.15) is 0 Å². The third kappa shape index (κ3) is 6.80. The molecule has 0 saturated carbocycles. The van der Waals surface area contributed by atoms with E-state index in [1.165, 1.54) is 24.0 Å². The van der Waals surface area contributed by atoms with Gasteiger partial charge in [0.1, 0.15) is 0 Å². The molecule has 0 aliphatic heterocycles. The van der Waals surface area contributed by atoms with Gasteiger partial charge in [-0.15, -0.1) is 0 Å². The van der Waals surface area contributed by atoms with Crippen LogP contribution in [-0.4, -0.2) is 43.2 Å². The van der Waals surface area contributed by atoms with Crippen molar-refractivity contribution in [1.29, 1.82) is 0 Å². The fourth-order valence-corrected chi connectivity index (χ4v) is 2.89. The molecule has 0 bridgehead atoms. The lowest BCUT2D eigenvalue weighted by Crippen LogP contribution is -2.40. The van der Waals surface area contributed by atoms with Crippen LogP contribution in [0.15, 0.2) is 53.6 Å². The van der Waals surface area contributed by atoms with E-state index >= 15 is 0 Å². The van der Waals surface area contributed by atoms with E-state index in [1.54, 1.807) is 30.5 Å². The number of hydrogen-bond donors (Lipinski definition) is 2. The van der Waals surface area contributed by atoms with Crippen LogP contribution in [0, 0.1) is 0 Å². The highest BCUT2D eigenvalue weighted by atomic mass is 32.2. The van der Waals surface area contributed by atoms with E-state index in [-0.39, 0.29) is 23.3 Å². The molecule has 0 radical (unpaired) electrons. The van der Waals surface area contributed by atoms with Gasteiger partial charge < -0.3 is 10.2 Å². The van der Waals surface area contributed by atoms with Crippen LogP contribution in [0.1, 0.15) is 18.2 Å². The normalized spacial score (nSPS) is 11.0. The number of carbonyl (C=O) groups excluding carboxylic acids is 2. The Kier molecular flexibility index (Phi) is 7.03. The van der Waals surface area contributed by atoms with Crippen molar-refractivity contribution in [3.8, 4) is 0 Å². The van der Waals surface area contributed by atoms with Crippen molar-refractivity contribution in [1.82, 2.24) is 15.2 Å². The molecule has 1 aromatic carbocycles. The summed E-state index contributed by atoms with van der Waals surface area (Å²) in [6.45, 7) is 1.97. The van der Waals surface area contributed by atoms with E-state index in [1.807, 2.05) is 6.07 Å². The largest absolute Gasteiger partial charge is 0.349 e. The van der Waals surface area contributed by atoms with Gasteiger partial charge in [-0.05, 0) is 36.2 Å². The maximum absolute atomic E-state index is 12.1. The first-order valence-electron chi connectivity index (χ1n) is 8.29. The molecule has 0 aliphatic carbocycles. The monoisotopic (exact) mass is 390 g/mol. The smallest absolute Gasteiger partial charge is 0.239 e. The van der Waals surface area contributed by atoms with E-state index in [4.69, 9.17) is 5.14 Å². The first kappa shape index (κ1) is 20.5. The predicted octanol–water partition coefficient (Wildman–Crippen LogP) is 0.436. The molecule has 9 heteroatoms. The standard InChI is InChI=1S/C18H22N4O4S/c1-14(23)22(13-18(24)21-12-16-4-2-3-10-20-16)11-9-15-5-7-17(8-6-15)27(19,25)26/h2-8,10H,9,11-13H2,1H3,(H,21,24)(H2,19,25,26). The number of primary sulfonamides is 1. The van der Waals surface area contributed by atoms with Crippen molar-refractivity contribution < 1.29 is 18.0 Å². The Morgan fingerprint density at radius 3 is 2.41 bits per heavy atom. The average Bonchev–Trinajstić information content (AvgIpc) is 2.63. The summed E-state index contributed by atoms with van der Waals surface area (Å²) in [6, 6.07) is 11.5. The lowest BCUT2D eigenvalue weighted by Gasteiger charge is -2.20. The minimum absolute atomic E-state index is 0.0311. The van der Waals surface area contributed by atoms with Crippen LogP contribution in [0.3, 0.4) is 0 Å². The van der Waals surface area contributed by atoms with E-state index in [9.17, 15) is 18.0 Å². The van der Waals surface area contributed by atoms with E-state index in [0.717, 1.165) is 11.3 Å². The van der Waals surface area contributed by atoms with Crippen molar-refractivity contribution >= 4 is 21.8 Å². The van der Waals surface area contributed by atoms with Crippen molar-refractivity contribution in [2.45, 2.75) is 24.8 Å². The van der Waals surface area contributed by atoms with Crippen LogP contribution in [0.5, 0.6) is 0 Å². The van der Waals surface area contributed by atoms with Gasteiger partial charge in [0.25, 0.3) is 0 Å². The lowest BCUT2D eigenvalue weighted by molar-refractivity contribution is -0.134. The Labute approximate surface area is 158 Å². The van der Waals surface area contributed by atoms with Gasteiger partial charge in [0, 0.05) is 19.7 Å². The zero-order valence-electron chi connectivity index (χ0n) is 15.0. The molecular formula is C18H22N4O4S. The van der Waals surface area contributed by atoms with Crippen LogP contribution < -0.4 is 10.5 Å². The van der Waals surface area contributed by atoms with Gasteiger partial charge in [0.2, 0.25) is 21.8 Å². The number of aromatic nitrogens is 1. The van der Waals surface area contributed by atoms with Gasteiger partial charge in [-0.1, -0.05) is 18.2 Å². The number of hydrogen-bond acceptors (Lipinski definition) is 5. The molecular weight excluding hydrogens is 368 g/mol. The van der Waals surface area contributed by atoms with E-state index in [0.29, 0.717) is 19.5 Å². The molecule has 1 aromatic heterocycles. The van der Waals surface area contributed by atoms with Crippen molar-refractivity contribution in [3.63, 3.8) is 0 Å². The summed E-state index contributed by atoms with van der Waals surface area (Å²) in [6.07, 6.45) is 2.13. The zero-order valence-corrected chi connectivity index (χ0v) is 15.8. The molecule has 0 aliphatic rings. The van der Waals surface area contributed by atoms with Gasteiger partial charge >= 0.3 is 0 Å². The number of rotatable bonds is 8. The molecule has 0 atom stereocenters. The average molecular weight is 390 g/mol. The van der Waals surface area contributed by atoms with E-state index in [2.05, 4.69) is 10.3 Å². The molecule has 27 heavy (non-hydrogen) atoms. The number of nitrogens with zero attached hydrogens (tertiary/aromatic N) is 2. The minimum atomic E-state index is -3.73. The summed E-state index contributed by atoms with van der Waals surface area (Å²) in [4.78, 5) is 29.5. The Bertz CT molecular complexity index is 883. The molecule has 8 nitrogen and oxygen atoms in total. The Morgan fingerprint density at radius 2 is 1.85 bits per heavy atom. The zero-order chi connectivity index (χ0) is 19.9. The summed E-state index contributed by atoms with van der Waals surface area (Å²) in [5.41, 5.74) is 1.57. The third-order valence-corrected chi connectivity index (χ3v) is 4.82. The molecule has 2 rings (SSSR count). The summed E-state index contributed by atoms with van der Waals surface area (Å²) >= 11 is 0. The number of nitrogens with one attached hydrogen (secondary N) is 1. The van der Waals surface area contributed by atoms with Gasteiger partial charge in [-0.25, -0.2) is 13.6 Å². The van der Waals surface area contributed by atoms with Crippen LogP contribution in [0.2, 0.25) is 0 Å². The van der Waals surface area contributed by atoms with Crippen molar-refractivity contribution in [3.05, 3.63) is 59.9 Å². The quantitative estimate of drug-likeness (QED) is 0.677. The lowest BCUT2D eigenvalue weighted by atomic mass is 10.1. The minimum Gasteiger partial charge on any atom is -0.349 e. The Hall–Kier alpha value is -2.78. The van der Waals surface area contributed by atoms with Gasteiger partial charge in [0.15, 0.2) is 0 Å². The highest BCUT2D eigenvalue weighted by Gasteiger charge is 2.14. The summed E-state index contributed by atoms with van der Waals surface area (Å²) < 4.78 is 22.5. The maximum Gasteiger partial charge on any atom is 0.239 e. The molecule has 0 fully saturated rings. The summed E-state index contributed by atoms with van der Waals surface area (Å²) in [5, 5.41) is 7.80. The molecule has 144 valence electrons. The molecule has 2 amide bonds. The molecule has 0 spiro atoms. The third-order valence-electron chi connectivity index (χ3n) is 3.89. The van der Waals surface area contributed by atoms with Crippen molar-refractivity contribution in [2.75, 3.05) is 13.1 Å². The second kappa shape index (κ2) is 9.24. The fourth-order valence-electron chi connectivity index (χ4n) is 2.38. The van der Waals surface area contributed by atoms with Crippen molar-refractivity contribution in [2.24, 2.45) is 5.14 Å². The number of nitrogens with two attached hydrogens (primary N) is 1. The number of benzene rings is 1. The second-order valence-corrected chi connectivity index (χ2v) is 7.54. The molecule has 0 unspecified atom stereocenters. The number of carbonyl (C=O) groups is 2. The van der Waals surface area contributed by atoms with Crippen LogP contribution in [0.4, 0.5) is 0 Å². The summed E-state index contributed by atoms with van der Waals surface area (Å²) in [7, 11) is -3.73. The second-order valence-electron chi connectivity index (χ2n) is 5.98. The predicted molar refractivity (Wildman–Crippen MR) is 99.9 cm³/mol. The SMILES string of the molecule is CC(=O)N(CCc1ccc(S(N)(=O)=O)cc1)CC(=O)NCc1ccccn1. The molecule has 2 aromatic rings. The van der Waals surface area contributed by atoms with E-state index < -0.39 is 10.0 Å². The highest BCUT2D eigenvalue weighted by Crippen LogP contribution is 2.10. The molecule has 1 heterocycles. The Morgan fingerprint density at radius 1 is 1.15 bits per heavy atom. The Balaban J connectivity index is 1.87. The maximum atomic E-state index is 12.1. The van der Waals surface area contributed by atoms with Crippen LogP contribution in [-0.2, 0) is 32.6 Å². The first-order valence-corrected chi connectivity index (χ1v) is 9.84. The number of amides is 2. The number of sulfonamides is 1. The fraction of sp³-hybridized carbons (Fsp3) is 0.278. The van der Waals surface area contributed by atoms with Crippen LogP contribution in [0.25, 0.3) is 0 Å².